The summed E-state index contributed by atoms with van der Waals surface area (Å²) in [6, 6.07) is 0. The maximum absolute atomic E-state index is 12.9. The maximum atomic E-state index is 12.9. The standard InChI is InChI=1S/C22H33F3O5S/c1-20-9-8-17(29-13-28-3)10-15(20)5-4-14-12-21(2)16(11-18(14)20)6-7-19(21)30-31(26,27)22(23,24)25/h7,14-18H,4-6,8-13H2,1-3H3/t14-,15-,16+,17+,18-,20-,21+/m1/s1. The molecule has 5 nitrogen and oxygen atoms in total. The summed E-state index contributed by atoms with van der Waals surface area (Å²) >= 11 is 0. The lowest BCUT2D eigenvalue weighted by molar-refractivity contribution is -0.145. The first kappa shape index (κ1) is 23.4. The van der Waals surface area contributed by atoms with E-state index in [1.165, 1.54) is 0 Å². The van der Waals surface area contributed by atoms with Crippen LogP contribution in [-0.2, 0) is 23.8 Å². The van der Waals surface area contributed by atoms with Gasteiger partial charge in [0.05, 0.1) is 6.10 Å². The monoisotopic (exact) mass is 466 g/mol. The molecule has 0 heterocycles. The fourth-order valence-corrected chi connectivity index (χ4v) is 7.80. The molecule has 0 aromatic carbocycles. The third-order valence-corrected chi connectivity index (χ3v) is 9.93. The van der Waals surface area contributed by atoms with Crippen molar-refractivity contribution in [1.29, 1.82) is 0 Å². The molecule has 9 heteroatoms. The highest BCUT2D eigenvalue weighted by Crippen LogP contribution is 2.66. The van der Waals surface area contributed by atoms with Crippen molar-refractivity contribution in [3.8, 4) is 0 Å². The highest BCUT2D eigenvalue weighted by Gasteiger charge is 2.59. The van der Waals surface area contributed by atoms with Crippen LogP contribution in [-0.4, -0.2) is 33.9 Å². The maximum Gasteiger partial charge on any atom is 0.534 e. The van der Waals surface area contributed by atoms with Crippen molar-refractivity contribution in [2.75, 3.05) is 13.9 Å². The fourth-order valence-electron chi connectivity index (χ4n) is 7.21. The number of hydrogen-bond acceptors (Lipinski definition) is 5. The topological polar surface area (TPSA) is 61.8 Å². The summed E-state index contributed by atoms with van der Waals surface area (Å²) in [5.41, 5.74) is -5.87. The Kier molecular flexibility index (Phi) is 5.96. The first-order chi connectivity index (χ1) is 14.4. The van der Waals surface area contributed by atoms with Gasteiger partial charge in [-0.05, 0) is 86.5 Å². The minimum absolute atomic E-state index is 0.00257. The van der Waals surface area contributed by atoms with Gasteiger partial charge in [0.25, 0.3) is 0 Å². The third kappa shape index (κ3) is 3.92. The van der Waals surface area contributed by atoms with Crippen LogP contribution in [0.2, 0.25) is 0 Å². The zero-order chi connectivity index (χ0) is 22.7. The second-order valence-electron chi connectivity index (χ2n) is 10.5. The van der Waals surface area contributed by atoms with E-state index in [1.807, 2.05) is 6.92 Å². The van der Waals surface area contributed by atoms with Crippen LogP contribution in [0.4, 0.5) is 13.2 Å². The molecule has 0 aromatic rings. The van der Waals surface area contributed by atoms with Crippen LogP contribution in [0.1, 0.15) is 65.2 Å². The van der Waals surface area contributed by atoms with Crippen molar-refractivity contribution in [2.24, 2.45) is 34.5 Å². The predicted octanol–water partition coefficient (Wildman–Crippen LogP) is 5.38. The number of allylic oxidation sites excluding steroid dienone is 2. The molecule has 0 aromatic heterocycles. The van der Waals surface area contributed by atoms with Crippen LogP contribution >= 0.6 is 0 Å². The summed E-state index contributed by atoms with van der Waals surface area (Å²) in [4.78, 5) is 0. The van der Waals surface area contributed by atoms with Gasteiger partial charge in [-0.25, -0.2) is 0 Å². The quantitative estimate of drug-likeness (QED) is 0.309. The number of rotatable bonds is 5. The number of hydrogen-bond donors (Lipinski definition) is 0. The molecule has 0 N–H and O–H groups in total. The molecule has 0 aliphatic heterocycles. The molecule has 0 bridgehead atoms. The number of fused-ring (bicyclic) bond motifs is 4. The Bertz CT molecular complexity index is 825. The van der Waals surface area contributed by atoms with Crippen LogP contribution in [0.15, 0.2) is 11.8 Å². The largest absolute Gasteiger partial charge is 0.534 e. The summed E-state index contributed by atoms with van der Waals surface area (Å²) in [6.07, 6.45) is 9.18. The third-order valence-electron chi connectivity index (χ3n) is 8.97. The van der Waals surface area contributed by atoms with E-state index in [2.05, 4.69) is 11.1 Å². The molecule has 0 radical (unpaired) electrons. The summed E-state index contributed by atoms with van der Waals surface area (Å²) in [6.45, 7) is 4.59. The summed E-state index contributed by atoms with van der Waals surface area (Å²) < 4.78 is 77.5. The number of alkyl halides is 3. The van der Waals surface area contributed by atoms with E-state index in [1.54, 1.807) is 13.2 Å². The Balaban J connectivity index is 1.49. The SMILES string of the molecule is COCO[C@H]1CC[C@]2(C)[C@H](CC[C@@H]3C[C@]4(C)C(OS(=O)(=O)C(F)(F)F)=CC[C@H]4C[C@H]32)C1. The lowest BCUT2D eigenvalue weighted by Gasteiger charge is -2.60. The van der Waals surface area contributed by atoms with Crippen LogP contribution in [0.25, 0.3) is 0 Å². The van der Waals surface area contributed by atoms with Gasteiger partial charge in [0.2, 0.25) is 0 Å². The molecule has 0 saturated heterocycles. The second-order valence-corrected chi connectivity index (χ2v) is 12.0. The molecule has 178 valence electrons. The Morgan fingerprint density at radius 3 is 2.55 bits per heavy atom. The Hall–Kier alpha value is -0.800. The van der Waals surface area contributed by atoms with E-state index in [9.17, 15) is 21.6 Å². The fraction of sp³-hybridized carbons (Fsp3) is 0.909. The van der Waals surface area contributed by atoms with Gasteiger partial charge in [-0.15, -0.1) is 0 Å². The first-order valence-electron chi connectivity index (χ1n) is 11.2. The predicted molar refractivity (Wildman–Crippen MR) is 108 cm³/mol. The number of ether oxygens (including phenoxy) is 2. The van der Waals surface area contributed by atoms with Gasteiger partial charge in [-0.2, -0.15) is 21.6 Å². The summed E-state index contributed by atoms with van der Waals surface area (Å²) in [7, 11) is -4.01. The van der Waals surface area contributed by atoms with E-state index >= 15 is 0 Å². The van der Waals surface area contributed by atoms with E-state index < -0.39 is 21.0 Å². The van der Waals surface area contributed by atoms with Gasteiger partial charge in [0.1, 0.15) is 12.6 Å². The Morgan fingerprint density at radius 2 is 1.87 bits per heavy atom. The first-order valence-corrected chi connectivity index (χ1v) is 12.6. The van der Waals surface area contributed by atoms with Crippen LogP contribution in [0.3, 0.4) is 0 Å². The highest BCUT2D eigenvalue weighted by atomic mass is 32.2. The zero-order valence-corrected chi connectivity index (χ0v) is 19.2. The molecule has 4 aliphatic rings. The normalized spacial score (nSPS) is 42.9. The lowest BCUT2D eigenvalue weighted by Crippen LogP contribution is -2.53. The molecule has 3 saturated carbocycles. The van der Waals surface area contributed by atoms with Gasteiger partial charge < -0.3 is 13.7 Å². The van der Waals surface area contributed by atoms with Gasteiger partial charge in [0, 0.05) is 12.5 Å². The van der Waals surface area contributed by atoms with Gasteiger partial charge in [-0.3, -0.25) is 0 Å². The van der Waals surface area contributed by atoms with Gasteiger partial charge in [-0.1, -0.05) is 13.8 Å². The molecule has 7 atom stereocenters. The lowest BCUT2D eigenvalue weighted by atomic mass is 9.46. The van der Waals surface area contributed by atoms with Crippen LogP contribution < -0.4 is 0 Å². The smallest absolute Gasteiger partial charge is 0.380 e. The molecular formula is C22H33F3O5S. The van der Waals surface area contributed by atoms with E-state index in [0.29, 0.717) is 37.4 Å². The molecule has 0 amide bonds. The second kappa shape index (κ2) is 7.90. The van der Waals surface area contributed by atoms with Crippen molar-refractivity contribution in [2.45, 2.75) is 76.8 Å². The number of methoxy groups -OCH3 is 1. The highest BCUT2D eigenvalue weighted by molar-refractivity contribution is 7.87. The van der Waals surface area contributed by atoms with E-state index in [4.69, 9.17) is 9.47 Å². The van der Waals surface area contributed by atoms with Crippen molar-refractivity contribution in [3.63, 3.8) is 0 Å². The average molecular weight is 467 g/mol. The van der Waals surface area contributed by atoms with Gasteiger partial charge in [0.15, 0.2) is 0 Å². The molecule has 0 unspecified atom stereocenters. The van der Waals surface area contributed by atoms with Crippen LogP contribution in [0.5, 0.6) is 0 Å². The average Bonchev–Trinajstić information content (AvgIpc) is 2.99. The Labute approximate surface area is 182 Å². The molecule has 3 fully saturated rings. The summed E-state index contributed by atoms with van der Waals surface area (Å²) in [5.74, 6) is 1.56. The van der Waals surface area contributed by atoms with Gasteiger partial charge >= 0.3 is 15.6 Å². The zero-order valence-electron chi connectivity index (χ0n) is 18.4. The molecule has 4 rings (SSSR count). The van der Waals surface area contributed by atoms with Crippen molar-refractivity contribution < 1.29 is 35.2 Å². The molecular weight excluding hydrogens is 433 g/mol. The Morgan fingerprint density at radius 1 is 1.13 bits per heavy atom. The molecule has 4 aliphatic carbocycles. The van der Waals surface area contributed by atoms with Crippen molar-refractivity contribution in [3.05, 3.63) is 11.8 Å². The van der Waals surface area contributed by atoms with Crippen molar-refractivity contribution >= 4 is 10.1 Å². The van der Waals surface area contributed by atoms with Crippen molar-refractivity contribution in [1.82, 2.24) is 0 Å². The molecule has 31 heavy (non-hydrogen) atoms. The van der Waals surface area contributed by atoms with E-state index in [-0.39, 0.29) is 23.2 Å². The van der Waals surface area contributed by atoms with E-state index in [0.717, 1.165) is 38.5 Å². The molecule has 0 spiro atoms. The van der Waals surface area contributed by atoms with Crippen LogP contribution in [0, 0.1) is 34.5 Å². The number of halogens is 3. The minimum atomic E-state index is -5.64. The summed E-state index contributed by atoms with van der Waals surface area (Å²) in [5, 5.41) is 0. The minimum Gasteiger partial charge on any atom is -0.380 e.